The zero-order valence-electron chi connectivity index (χ0n) is 7.67. The molecule has 1 N–H and O–H groups in total. The molecule has 0 aromatic carbocycles. The second-order valence-electron chi connectivity index (χ2n) is 4.16. The Hall–Kier alpha value is -0.300. The first kappa shape index (κ1) is 8.79. The van der Waals surface area contributed by atoms with Crippen molar-refractivity contribution in [2.24, 2.45) is 11.8 Å². The standard InChI is InChI=1S/C10H18O/c1-8(2)9-4-6-10(3,11)7-5-9/h4,6,8-9,11H,5,7H2,1-3H3/t9-,10-/m0/s1. The summed E-state index contributed by atoms with van der Waals surface area (Å²) in [5, 5.41) is 9.59. The van der Waals surface area contributed by atoms with E-state index in [1.54, 1.807) is 0 Å². The Morgan fingerprint density at radius 1 is 1.55 bits per heavy atom. The van der Waals surface area contributed by atoms with Gasteiger partial charge in [0.25, 0.3) is 0 Å². The third-order valence-corrected chi connectivity index (χ3v) is 2.54. The van der Waals surface area contributed by atoms with Crippen molar-refractivity contribution in [2.75, 3.05) is 0 Å². The molecule has 64 valence electrons. The van der Waals surface area contributed by atoms with Crippen LogP contribution in [0.1, 0.15) is 33.6 Å². The Kier molecular flexibility index (Phi) is 2.38. The zero-order valence-corrected chi connectivity index (χ0v) is 7.67. The molecule has 1 nitrogen and oxygen atoms in total. The maximum atomic E-state index is 9.59. The van der Waals surface area contributed by atoms with E-state index < -0.39 is 5.60 Å². The van der Waals surface area contributed by atoms with E-state index in [-0.39, 0.29) is 0 Å². The van der Waals surface area contributed by atoms with Crippen LogP contribution in [0.15, 0.2) is 12.2 Å². The van der Waals surface area contributed by atoms with Gasteiger partial charge in [-0.3, -0.25) is 0 Å². The maximum absolute atomic E-state index is 9.59. The van der Waals surface area contributed by atoms with Gasteiger partial charge in [-0.2, -0.15) is 0 Å². The van der Waals surface area contributed by atoms with Gasteiger partial charge in [-0.15, -0.1) is 0 Å². The largest absolute Gasteiger partial charge is 0.386 e. The van der Waals surface area contributed by atoms with Crippen molar-refractivity contribution < 1.29 is 5.11 Å². The molecule has 1 heteroatoms. The third-order valence-electron chi connectivity index (χ3n) is 2.54. The molecular weight excluding hydrogens is 136 g/mol. The molecule has 2 atom stereocenters. The van der Waals surface area contributed by atoms with Crippen molar-refractivity contribution in [3.05, 3.63) is 12.2 Å². The third kappa shape index (κ3) is 2.33. The highest BCUT2D eigenvalue weighted by molar-refractivity contribution is 5.06. The Morgan fingerprint density at radius 2 is 2.18 bits per heavy atom. The molecule has 1 rings (SSSR count). The van der Waals surface area contributed by atoms with Crippen molar-refractivity contribution in [1.29, 1.82) is 0 Å². The summed E-state index contributed by atoms with van der Waals surface area (Å²) in [7, 11) is 0. The van der Waals surface area contributed by atoms with Crippen molar-refractivity contribution in [2.45, 2.75) is 39.2 Å². The molecule has 0 saturated heterocycles. The molecule has 0 saturated carbocycles. The Bertz CT molecular complexity index is 156. The first-order valence-corrected chi connectivity index (χ1v) is 4.43. The van der Waals surface area contributed by atoms with E-state index >= 15 is 0 Å². The molecule has 0 spiro atoms. The van der Waals surface area contributed by atoms with Crippen molar-refractivity contribution in [1.82, 2.24) is 0 Å². The van der Waals surface area contributed by atoms with Crippen LogP contribution in [0.3, 0.4) is 0 Å². The fourth-order valence-electron chi connectivity index (χ4n) is 1.52. The van der Waals surface area contributed by atoms with E-state index in [2.05, 4.69) is 19.9 Å². The van der Waals surface area contributed by atoms with Crippen molar-refractivity contribution in [3.63, 3.8) is 0 Å². The predicted molar refractivity (Wildman–Crippen MR) is 47.3 cm³/mol. The second-order valence-corrected chi connectivity index (χ2v) is 4.16. The lowest BCUT2D eigenvalue weighted by Crippen LogP contribution is -2.26. The van der Waals surface area contributed by atoms with Gasteiger partial charge in [0.05, 0.1) is 5.60 Å². The highest BCUT2D eigenvalue weighted by Gasteiger charge is 2.24. The summed E-state index contributed by atoms with van der Waals surface area (Å²) in [6.07, 6.45) is 6.14. The summed E-state index contributed by atoms with van der Waals surface area (Å²) < 4.78 is 0. The van der Waals surface area contributed by atoms with E-state index in [0.29, 0.717) is 11.8 Å². The average Bonchev–Trinajstić information content (AvgIpc) is 1.86. The quantitative estimate of drug-likeness (QED) is 0.575. The summed E-state index contributed by atoms with van der Waals surface area (Å²) in [4.78, 5) is 0. The SMILES string of the molecule is CC(C)[C@H]1C=C[C@](C)(O)CC1. The van der Waals surface area contributed by atoms with Crippen LogP contribution >= 0.6 is 0 Å². The average molecular weight is 154 g/mol. The molecular formula is C10H18O. The first-order chi connectivity index (χ1) is 5.01. The van der Waals surface area contributed by atoms with Gasteiger partial charge in [0, 0.05) is 0 Å². The van der Waals surface area contributed by atoms with Crippen molar-refractivity contribution in [3.8, 4) is 0 Å². The fraction of sp³-hybridized carbons (Fsp3) is 0.800. The number of allylic oxidation sites excluding steroid dienone is 1. The normalized spacial score (nSPS) is 38.1. The van der Waals surface area contributed by atoms with Crippen LogP contribution in [0.5, 0.6) is 0 Å². The topological polar surface area (TPSA) is 20.2 Å². The summed E-state index contributed by atoms with van der Waals surface area (Å²) in [6, 6.07) is 0. The molecule has 0 aromatic rings. The fourth-order valence-corrected chi connectivity index (χ4v) is 1.52. The lowest BCUT2D eigenvalue weighted by molar-refractivity contribution is 0.0845. The van der Waals surface area contributed by atoms with Crippen LogP contribution in [0, 0.1) is 11.8 Å². The number of aliphatic hydroxyl groups is 1. The smallest absolute Gasteiger partial charge is 0.0800 e. The van der Waals surface area contributed by atoms with Gasteiger partial charge in [0.1, 0.15) is 0 Å². The summed E-state index contributed by atoms with van der Waals surface area (Å²) in [6.45, 7) is 6.34. The molecule has 0 radical (unpaired) electrons. The lowest BCUT2D eigenvalue weighted by atomic mass is 9.81. The van der Waals surface area contributed by atoms with E-state index in [4.69, 9.17) is 0 Å². The van der Waals surface area contributed by atoms with E-state index in [9.17, 15) is 5.11 Å². The van der Waals surface area contributed by atoms with Crippen LogP contribution in [0.25, 0.3) is 0 Å². The molecule has 0 fully saturated rings. The van der Waals surface area contributed by atoms with E-state index in [1.165, 1.54) is 0 Å². The summed E-state index contributed by atoms with van der Waals surface area (Å²) in [5.74, 6) is 1.39. The highest BCUT2D eigenvalue weighted by atomic mass is 16.3. The van der Waals surface area contributed by atoms with Crippen LogP contribution < -0.4 is 0 Å². The lowest BCUT2D eigenvalue weighted by Gasteiger charge is -2.29. The first-order valence-electron chi connectivity index (χ1n) is 4.43. The molecule has 0 heterocycles. The predicted octanol–water partition coefficient (Wildman–Crippen LogP) is 2.36. The van der Waals surface area contributed by atoms with Crippen LogP contribution in [0.4, 0.5) is 0 Å². The van der Waals surface area contributed by atoms with Gasteiger partial charge >= 0.3 is 0 Å². The second kappa shape index (κ2) is 2.98. The van der Waals surface area contributed by atoms with Crippen LogP contribution in [0.2, 0.25) is 0 Å². The van der Waals surface area contributed by atoms with Gasteiger partial charge in [-0.1, -0.05) is 26.0 Å². The van der Waals surface area contributed by atoms with E-state index in [0.717, 1.165) is 12.8 Å². The Balaban J connectivity index is 2.56. The molecule has 1 aliphatic rings. The Morgan fingerprint density at radius 3 is 2.55 bits per heavy atom. The minimum absolute atomic E-state index is 0.536. The maximum Gasteiger partial charge on any atom is 0.0800 e. The number of hydrogen-bond donors (Lipinski definition) is 1. The van der Waals surface area contributed by atoms with Gasteiger partial charge in [0.2, 0.25) is 0 Å². The van der Waals surface area contributed by atoms with Gasteiger partial charge in [-0.25, -0.2) is 0 Å². The minimum Gasteiger partial charge on any atom is -0.386 e. The molecule has 0 amide bonds. The summed E-state index contributed by atoms with van der Waals surface area (Å²) >= 11 is 0. The van der Waals surface area contributed by atoms with Crippen LogP contribution in [-0.4, -0.2) is 10.7 Å². The van der Waals surface area contributed by atoms with E-state index in [1.807, 2.05) is 13.0 Å². The number of rotatable bonds is 1. The van der Waals surface area contributed by atoms with Crippen molar-refractivity contribution >= 4 is 0 Å². The zero-order chi connectivity index (χ0) is 8.48. The molecule has 0 bridgehead atoms. The van der Waals surface area contributed by atoms with Crippen LogP contribution in [-0.2, 0) is 0 Å². The molecule has 11 heavy (non-hydrogen) atoms. The minimum atomic E-state index is -0.536. The molecule has 0 unspecified atom stereocenters. The van der Waals surface area contributed by atoms with Gasteiger partial charge in [-0.05, 0) is 31.6 Å². The highest BCUT2D eigenvalue weighted by Crippen LogP contribution is 2.29. The molecule has 1 aliphatic carbocycles. The van der Waals surface area contributed by atoms with Gasteiger partial charge in [0.15, 0.2) is 0 Å². The molecule has 0 aliphatic heterocycles. The van der Waals surface area contributed by atoms with Gasteiger partial charge < -0.3 is 5.11 Å². The number of hydrogen-bond acceptors (Lipinski definition) is 1. The molecule has 0 aromatic heterocycles. The summed E-state index contributed by atoms with van der Waals surface area (Å²) in [5.41, 5.74) is -0.536. The monoisotopic (exact) mass is 154 g/mol. The Labute approximate surface area is 69.1 Å².